The van der Waals surface area contributed by atoms with Gasteiger partial charge in [-0.3, -0.25) is 19.2 Å². The van der Waals surface area contributed by atoms with Crippen LogP contribution in [0.5, 0.6) is 0 Å². The van der Waals surface area contributed by atoms with E-state index < -0.39 is 48.7 Å². The number of rotatable bonds is 12. The molecule has 0 spiro atoms. The highest BCUT2D eigenvalue weighted by Gasteiger charge is 2.61. The summed E-state index contributed by atoms with van der Waals surface area (Å²) >= 11 is 0. The number of ether oxygens (including phenoxy) is 4. The van der Waals surface area contributed by atoms with Crippen LogP contribution in [0.1, 0.15) is 59.8 Å². The van der Waals surface area contributed by atoms with E-state index in [1.54, 1.807) is 27.7 Å². The molecule has 0 radical (unpaired) electrons. The first kappa shape index (κ1) is 34.0. The number of allylic oxidation sites excluding steroid dienone is 2. The van der Waals surface area contributed by atoms with Crippen molar-refractivity contribution in [1.29, 1.82) is 0 Å². The number of carbonyl (C=O) groups excluding carboxylic acids is 5. The van der Waals surface area contributed by atoms with Crippen LogP contribution < -0.4 is 5.19 Å². The maximum absolute atomic E-state index is 13.8. The van der Waals surface area contributed by atoms with Crippen LogP contribution in [0.2, 0.25) is 13.1 Å². The molecule has 1 atom stereocenters. The SMILES string of the molecule is CCOC(=O)C1(C(=O)OCC)C/C(=C2/CC(CC=O)C(C(=O)OCC)(C(=O)OCC)C2)C/C1=C/[Si](C)(C)c1ccccc1. The van der Waals surface area contributed by atoms with E-state index in [0.29, 0.717) is 11.9 Å². The number of benzene rings is 1. The van der Waals surface area contributed by atoms with Gasteiger partial charge in [0, 0.05) is 6.42 Å². The summed E-state index contributed by atoms with van der Waals surface area (Å²) in [6, 6.07) is 9.95. The van der Waals surface area contributed by atoms with E-state index in [1.165, 1.54) is 0 Å². The van der Waals surface area contributed by atoms with Crippen molar-refractivity contribution >= 4 is 43.4 Å². The average molecular weight is 613 g/mol. The summed E-state index contributed by atoms with van der Waals surface area (Å²) in [5.41, 5.74) is 0.781. The van der Waals surface area contributed by atoms with Crippen molar-refractivity contribution in [3.63, 3.8) is 0 Å². The molecule has 9 nitrogen and oxygen atoms in total. The molecule has 2 fully saturated rings. The molecule has 43 heavy (non-hydrogen) atoms. The molecule has 0 aromatic heterocycles. The minimum absolute atomic E-state index is 0.000638. The molecular weight excluding hydrogens is 568 g/mol. The van der Waals surface area contributed by atoms with E-state index >= 15 is 0 Å². The Morgan fingerprint density at radius 2 is 1.30 bits per heavy atom. The molecule has 1 aromatic rings. The average Bonchev–Trinajstić information content (AvgIpc) is 3.54. The third-order valence-corrected chi connectivity index (χ3v) is 11.5. The van der Waals surface area contributed by atoms with Gasteiger partial charge in [0.05, 0.1) is 26.4 Å². The van der Waals surface area contributed by atoms with Gasteiger partial charge in [-0.2, -0.15) is 0 Å². The van der Waals surface area contributed by atoms with Crippen LogP contribution in [0.25, 0.3) is 0 Å². The van der Waals surface area contributed by atoms with Crippen molar-refractivity contribution in [3.05, 3.63) is 52.8 Å². The summed E-state index contributed by atoms with van der Waals surface area (Å²) < 4.78 is 21.8. The van der Waals surface area contributed by atoms with Crippen molar-refractivity contribution in [2.24, 2.45) is 16.7 Å². The van der Waals surface area contributed by atoms with Crippen LogP contribution in [-0.2, 0) is 42.9 Å². The van der Waals surface area contributed by atoms with Crippen LogP contribution in [-0.4, -0.2) is 64.7 Å². The Kier molecular flexibility index (Phi) is 11.3. The fourth-order valence-electron chi connectivity index (χ4n) is 6.46. The molecule has 1 unspecified atom stereocenters. The van der Waals surface area contributed by atoms with E-state index in [1.807, 2.05) is 30.3 Å². The molecule has 2 aliphatic carbocycles. The van der Waals surface area contributed by atoms with Gasteiger partial charge in [0.1, 0.15) is 14.4 Å². The zero-order valence-corrected chi connectivity index (χ0v) is 27.2. The number of aldehydes is 1. The number of esters is 4. The van der Waals surface area contributed by atoms with Crippen molar-refractivity contribution in [1.82, 2.24) is 0 Å². The van der Waals surface area contributed by atoms with E-state index in [0.717, 1.165) is 16.3 Å². The lowest BCUT2D eigenvalue weighted by atomic mass is 9.76. The summed E-state index contributed by atoms with van der Waals surface area (Å²) in [6.45, 7) is 11.2. The Bertz CT molecular complexity index is 1240. The molecule has 0 amide bonds. The largest absolute Gasteiger partial charge is 0.465 e. The molecule has 0 saturated heterocycles. The maximum atomic E-state index is 13.8. The zero-order chi connectivity index (χ0) is 31.8. The molecule has 0 N–H and O–H groups in total. The molecular formula is C33H44O9Si. The second-order valence-electron chi connectivity index (χ2n) is 11.6. The minimum Gasteiger partial charge on any atom is -0.465 e. The summed E-state index contributed by atoms with van der Waals surface area (Å²) in [5, 5.41) is 1.13. The highest BCUT2D eigenvalue weighted by Crippen LogP contribution is 2.56. The molecule has 234 valence electrons. The second kappa shape index (κ2) is 14.3. The summed E-state index contributed by atoms with van der Waals surface area (Å²) in [4.78, 5) is 66.2. The standard InChI is InChI=1S/C33H44O9Si/c1-7-39-28(35)32(29(36)40-8-2)20-23(18-25(32)16-17-34)24-19-26(22-43(5,6)27-14-12-11-13-15-27)33(21-24,30(37)41-9-3)31(38)42-10-4/h11-15,17,22,25H,7-10,16,18-21H2,1-6H3/b24-23-,26-22-. The predicted octanol–water partition coefficient (Wildman–Crippen LogP) is 4.38. The summed E-state index contributed by atoms with van der Waals surface area (Å²) in [6.07, 6.45) is 1.15. The van der Waals surface area contributed by atoms with Crippen LogP contribution in [0, 0.1) is 16.7 Å². The Morgan fingerprint density at radius 1 is 0.791 bits per heavy atom. The third-order valence-electron chi connectivity index (χ3n) is 8.57. The molecule has 1 aromatic carbocycles. The topological polar surface area (TPSA) is 122 Å². The fraction of sp³-hybridized carbons (Fsp3) is 0.545. The van der Waals surface area contributed by atoms with Crippen LogP contribution in [0.15, 0.2) is 52.8 Å². The van der Waals surface area contributed by atoms with Crippen molar-refractivity contribution in [3.8, 4) is 0 Å². The molecule has 0 bridgehead atoms. The lowest BCUT2D eigenvalue weighted by Gasteiger charge is -2.29. The lowest BCUT2D eigenvalue weighted by molar-refractivity contribution is -0.175. The van der Waals surface area contributed by atoms with Gasteiger partial charge >= 0.3 is 23.9 Å². The predicted molar refractivity (Wildman–Crippen MR) is 163 cm³/mol. The van der Waals surface area contributed by atoms with Gasteiger partial charge in [0.2, 0.25) is 0 Å². The lowest BCUT2D eigenvalue weighted by Crippen LogP contribution is -2.45. The van der Waals surface area contributed by atoms with Crippen molar-refractivity contribution in [2.45, 2.75) is 72.9 Å². The summed E-state index contributed by atoms with van der Waals surface area (Å²) in [7, 11) is -2.35. The molecule has 10 heteroatoms. The van der Waals surface area contributed by atoms with Gasteiger partial charge in [0.25, 0.3) is 0 Å². The Hall–Kier alpha value is -3.53. The van der Waals surface area contributed by atoms with Gasteiger partial charge in [-0.1, -0.05) is 65.5 Å². The molecule has 3 rings (SSSR count). The van der Waals surface area contributed by atoms with E-state index in [4.69, 9.17) is 18.9 Å². The molecule has 2 saturated carbocycles. The second-order valence-corrected chi connectivity index (χ2v) is 15.9. The Labute approximate surface area is 255 Å². The molecule has 0 heterocycles. The van der Waals surface area contributed by atoms with Crippen LogP contribution in [0.3, 0.4) is 0 Å². The molecule has 2 aliphatic rings. The molecule has 0 aliphatic heterocycles. The van der Waals surface area contributed by atoms with Crippen molar-refractivity contribution < 1.29 is 42.9 Å². The monoisotopic (exact) mass is 612 g/mol. The van der Waals surface area contributed by atoms with Gasteiger partial charge < -0.3 is 23.7 Å². The maximum Gasteiger partial charge on any atom is 0.328 e. The van der Waals surface area contributed by atoms with E-state index in [2.05, 4.69) is 18.8 Å². The van der Waals surface area contributed by atoms with Gasteiger partial charge in [-0.05, 0) is 64.9 Å². The van der Waals surface area contributed by atoms with Gasteiger partial charge in [-0.15, -0.1) is 0 Å². The third kappa shape index (κ3) is 6.54. The highest BCUT2D eigenvalue weighted by molar-refractivity contribution is 6.94. The zero-order valence-electron chi connectivity index (χ0n) is 26.2. The van der Waals surface area contributed by atoms with E-state index in [-0.39, 0.29) is 58.5 Å². The first-order valence-electron chi connectivity index (χ1n) is 15.1. The smallest absolute Gasteiger partial charge is 0.328 e. The first-order valence-corrected chi connectivity index (χ1v) is 18.2. The fourth-order valence-corrected chi connectivity index (χ4v) is 8.90. The summed E-state index contributed by atoms with van der Waals surface area (Å²) in [5.74, 6) is -3.52. The number of hydrogen-bond donors (Lipinski definition) is 0. The van der Waals surface area contributed by atoms with Crippen LogP contribution >= 0.6 is 0 Å². The van der Waals surface area contributed by atoms with Crippen LogP contribution in [0.4, 0.5) is 0 Å². The quantitative estimate of drug-likeness (QED) is 0.0845. The Balaban J connectivity index is 2.26. The highest BCUT2D eigenvalue weighted by atomic mass is 28.3. The van der Waals surface area contributed by atoms with E-state index in [9.17, 15) is 24.0 Å². The first-order chi connectivity index (χ1) is 20.5. The van der Waals surface area contributed by atoms with Gasteiger partial charge in [0.15, 0.2) is 10.8 Å². The number of hydrogen-bond acceptors (Lipinski definition) is 9. The van der Waals surface area contributed by atoms with Crippen molar-refractivity contribution in [2.75, 3.05) is 26.4 Å². The number of carbonyl (C=O) groups is 5. The Morgan fingerprint density at radius 3 is 1.79 bits per heavy atom. The minimum atomic E-state index is -2.35. The normalized spacial score (nSPS) is 21.7. The van der Waals surface area contributed by atoms with Gasteiger partial charge in [-0.25, -0.2) is 0 Å².